The Morgan fingerprint density at radius 1 is 1.19 bits per heavy atom. The predicted octanol–water partition coefficient (Wildman–Crippen LogP) is 2.69. The number of carbonyl (C=O) groups excluding carboxylic acids is 1. The molecule has 0 aromatic rings. The summed E-state index contributed by atoms with van der Waals surface area (Å²) in [5.74, 6) is -0.612. The van der Waals surface area contributed by atoms with Gasteiger partial charge in [0.2, 0.25) is 11.8 Å². The lowest BCUT2D eigenvalue weighted by Gasteiger charge is -2.37. The van der Waals surface area contributed by atoms with Gasteiger partial charge in [0.25, 0.3) is 0 Å². The molecule has 120 valence electrons. The summed E-state index contributed by atoms with van der Waals surface area (Å²) < 4.78 is 26.1. The van der Waals surface area contributed by atoms with Crippen molar-refractivity contribution in [2.24, 2.45) is 29.4 Å². The average molecular weight is 300 g/mol. The molecule has 4 unspecified atom stereocenters. The Morgan fingerprint density at radius 3 is 2.52 bits per heavy atom. The summed E-state index contributed by atoms with van der Waals surface area (Å²) in [6.07, 6.45) is 5.03. The molecule has 3 rings (SSSR count). The number of nitrogens with two attached hydrogens (primary N) is 1. The lowest BCUT2D eigenvalue weighted by molar-refractivity contribution is -0.125. The van der Waals surface area contributed by atoms with Crippen molar-refractivity contribution in [2.45, 2.75) is 63.3 Å². The Labute approximate surface area is 125 Å². The first kappa shape index (κ1) is 15.2. The Morgan fingerprint density at radius 2 is 1.90 bits per heavy atom. The van der Waals surface area contributed by atoms with Crippen molar-refractivity contribution in [3.8, 4) is 0 Å². The van der Waals surface area contributed by atoms with Gasteiger partial charge in [-0.05, 0) is 56.3 Å². The van der Waals surface area contributed by atoms with Gasteiger partial charge in [-0.25, -0.2) is 8.78 Å². The van der Waals surface area contributed by atoms with E-state index < -0.39 is 5.92 Å². The van der Waals surface area contributed by atoms with Gasteiger partial charge in [-0.15, -0.1) is 0 Å². The van der Waals surface area contributed by atoms with Gasteiger partial charge in [-0.3, -0.25) is 4.79 Å². The van der Waals surface area contributed by atoms with Crippen LogP contribution in [0.2, 0.25) is 0 Å². The Kier molecular flexibility index (Phi) is 4.21. The maximum Gasteiger partial charge on any atom is 0.248 e. The van der Waals surface area contributed by atoms with Crippen LogP contribution in [0.5, 0.6) is 0 Å². The third kappa shape index (κ3) is 3.38. The highest BCUT2D eigenvalue weighted by Crippen LogP contribution is 2.48. The van der Waals surface area contributed by atoms with Crippen LogP contribution in [-0.2, 0) is 4.79 Å². The van der Waals surface area contributed by atoms with Crippen LogP contribution in [0.25, 0.3) is 0 Å². The number of carbonyl (C=O) groups is 1. The zero-order valence-corrected chi connectivity index (χ0v) is 12.5. The summed E-state index contributed by atoms with van der Waals surface area (Å²) in [5, 5.41) is 3.01. The average Bonchev–Trinajstić information content (AvgIpc) is 2.78. The molecular weight excluding hydrogens is 274 g/mol. The second kappa shape index (κ2) is 5.82. The molecule has 21 heavy (non-hydrogen) atoms. The van der Waals surface area contributed by atoms with Crippen molar-refractivity contribution >= 4 is 5.91 Å². The van der Waals surface area contributed by atoms with E-state index in [4.69, 9.17) is 5.73 Å². The number of hydrogen-bond acceptors (Lipinski definition) is 2. The van der Waals surface area contributed by atoms with E-state index >= 15 is 0 Å². The van der Waals surface area contributed by atoms with Gasteiger partial charge in [0.05, 0.1) is 0 Å². The first-order valence-corrected chi connectivity index (χ1v) is 8.36. The molecule has 0 spiro atoms. The Balaban J connectivity index is 1.34. The largest absolute Gasteiger partial charge is 0.356 e. The summed E-state index contributed by atoms with van der Waals surface area (Å²) in [7, 11) is 0. The Hall–Kier alpha value is -0.710. The van der Waals surface area contributed by atoms with Crippen LogP contribution in [0.15, 0.2) is 0 Å². The number of alkyl halides is 2. The monoisotopic (exact) mass is 300 g/mol. The zero-order valence-electron chi connectivity index (χ0n) is 12.5. The maximum absolute atomic E-state index is 13.1. The van der Waals surface area contributed by atoms with E-state index in [-0.39, 0.29) is 24.7 Å². The summed E-state index contributed by atoms with van der Waals surface area (Å²) in [5.41, 5.74) is 5.95. The third-order valence-corrected chi connectivity index (χ3v) is 5.93. The summed E-state index contributed by atoms with van der Waals surface area (Å²) in [6.45, 7) is 0.632. The fourth-order valence-electron chi connectivity index (χ4n) is 4.43. The van der Waals surface area contributed by atoms with Crippen molar-refractivity contribution in [1.29, 1.82) is 0 Å². The van der Waals surface area contributed by atoms with E-state index in [1.807, 2.05) is 0 Å². The lowest BCUT2D eigenvalue weighted by Crippen LogP contribution is -2.44. The topological polar surface area (TPSA) is 55.1 Å². The Bertz CT molecular complexity index is 392. The minimum absolute atomic E-state index is 0.00941. The van der Waals surface area contributed by atoms with Gasteiger partial charge in [0, 0.05) is 31.3 Å². The second-order valence-electron chi connectivity index (χ2n) is 7.37. The molecule has 3 fully saturated rings. The molecule has 5 heteroatoms. The van der Waals surface area contributed by atoms with Gasteiger partial charge in [0.15, 0.2) is 0 Å². The van der Waals surface area contributed by atoms with Crippen molar-refractivity contribution < 1.29 is 13.6 Å². The van der Waals surface area contributed by atoms with Crippen LogP contribution in [-0.4, -0.2) is 24.4 Å². The molecule has 3 aliphatic carbocycles. The molecule has 0 saturated heterocycles. The van der Waals surface area contributed by atoms with Crippen molar-refractivity contribution in [3.63, 3.8) is 0 Å². The van der Waals surface area contributed by atoms with Crippen LogP contribution < -0.4 is 11.1 Å². The van der Waals surface area contributed by atoms with Crippen molar-refractivity contribution in [1.82, 2.24) is 5.32 Å². The van der Waals surface area contributed by atoms with Crippen LogP contribution in [0.1, 0.15) is 51.4 Å². The number of fused-ring (bicyclic) bond motifs is 1. The molecule has 0 aromatic heterocycles. The molecule has 0 bridgehead atoms. The minimum Gasteiger partial charge on any atom is -0.356 e. The fraction of sp³-hybridized carbons (Fsp3) is 0.938. The van der Waals surface area contributed by atoms with E-state index in [1.165, 1.54) is 0 Å². The SMILES string of the molecule is NC1CC2CC(C(=O)NCCC3CCC(F)(F)CC3)CC12. The number of nitrogens with one attached hydrogen (secondary N) is 1. The molecule has 3 saturated carbocycles. The zero-order chi connectivity index (χ0) is 15.0. The smallest absolute Gasteiger partial charge is 0.248 e. The molecule has 0 aliphatic heterocycles. The molecule has 3 aliphatic rings. The molecule has 3 N–H and O–H groups in total. The minimum atomic E-state index is -2.46. The van der Waals surface area contributed by atoms with Crippen LogP contribution in [0.3, 0.4) is 0 Å². The van der Waals surface area contributed by atoms with E-state index in [9.17, 15) is 13.6 Å². The second-order valence-corrected chi connectivity index (χ2v) is 7.37. The number of hydrogen-bond donors (Lipinski definition) is 2. The normalized spacial score (nSPS) is 38.6. The van der Waals surface area contributed by atoms with Crippen LogP contribution >= 0.6 is 0 Å². The number of amides is 1. The molecule has 4 atom stereocenters. The maximum atomic E-state index is 13.1. The molecule has 0 heterocycles. The highest BCUT2D eigenvalue weighted by Gasteiger charge is 2.47. The first-order chi connectivity index (χ1) is 9.94. The highest BCUT2D eigenvalue weighted by molar-refractivity contribution is 5.79. The fourth-order valence-corrected chi connectivity index (χ4v) is 4.43. The molecule has 0 radical (unpaired) electrons. The van der Waals surface area contributed by atoms with Crippen LogP contribution in [0.4, 0.5) is 8.78 Å². The van der Waals surface area contributed by atoms with Gasteiger partial charge in [0.1, 0.15) is 0 Å². The quantitative estimate of drug-likeness (QED) is 0.838. The van der Waals surface area contributed by atoms with E-state index in [0.717, 1.165) is 25.7 Å². The summed E-state index contributed by atoms with van der Waals surface area (Å²) >= 11 is 0. The molecule has 3 nitrogen and oxygen atoms in total. The first-order valence-electron chi connectivity index (χ1n) is 8.36. The van der Waals surface area contributed by atoms with Crippen molar-refractivity contribution in [2.75, 3.05) is 6.54 Å². The molecular formula is C16H26F2N2O. The predicted molar refractivity (Wildman–Crippen MR) is 76.8 cm³/mol. The molecule has 0 aromatic carbocycles. The summed E-state index contributed by atoms with van der Waals surface area (Å²) in [6, 6.07) is 0.303. The van der Waals surface area contributed by atoms with Gasteiger partial charge < -0.3 is 11.1 Å². The summed E-state index contributed by atoms with van der Waals surface area (Å²) in [4.78, 5) is 12.1. The number of rotatable bonds is 4. The van der Waals surface area contributed by atoms with Gasteiger partial charge in [-0.2, -0.15) is 0 Å². The highest BCUT2D eigenvalue weighted by atomic mass is 19.3. The van der Waals surface area contributed by atoms with Crippen molar-refractivity contribution in [3.05, 3.63) is 0 Å². The number of halogens is 2. The van der Waals surface area contributed by atoms with Gasteiger partial charge in [-0.1, -0.05) is 0 Å². The van der Waals surface area contributed by atoms with Crippen LogP contribution in [0, 0.1) is 23.7 Å². The molecule has 1 amide bonds. The standard InChI is InChI=1S/C16H26F2N2O/c17-16(18)4-1-10(2-5-16)3-6-20-15(21)12-7-11-9-14(19)13(11)8-12/h10-14H,1-9,19H2,(H,20,21). The van der Waals surface area contributed by atoms with E-state index in [0.29, 0.717) is 43.2 Å². The van der Waals surface area contributed by atoms with E-state index in [2.05, 4.69) is 5.32 Å². The van der Waals surface area contributed by atoms with E-state index in [1.54, 1.807) is 0 Å². The lowest BCUT2D eigenvalue weighted by atomic mass is 9.72. The third-order valence-electron chi connectivity index (χ3n) is 5.93. The van der Waals surface area contributed by atoms with Gasteiger partial charge >= 0.3 is 0 Å².